The van der Waals surface area contributed by atoms with Crippen molar-refractivity contribution >= 4 is 0 Å². The average molecular weight is 273 g/mol. The van der Waals surface area contributed by atoms with Gasteiger partial charge in [-0.2, -0.15) is 0 Å². The lowest BCUT2D eigenvalue weighted by atomic mass is 9.97. The summed E-state index contributed by atoms with van der Waals surface area (Å²) in [6.07, 6.45) is 8.37. The molecule has 0 saturated heterocycles. The Hall–Kier alpha value is -1.28. The van der Waals surface area contributed by atoms with Crippen molar-refractivity contribution in [1.82, 2.24) is 5.32 Å². The van der Waals surface area contributed by atoms with Gasteiger partial charge in [0.1, 0.15) is 5.75 Å². The van der Waals surface area contributed by atoms with Gasteiger partial charge in [-0.05, 0) is 56.3 Å². The molecule has 20 heavy (non-hydrogen) atoms. The molecular formula is C18H27NO. The molecule has 0 saturated carbocycles. The predicted molar refractivity (Wildman–Crippen MR) is 85.2 cm³/mol. The van der Waals surface area contributed by atoms with Gasteiger partial charge in [-0.15, -0.1) is 0 Å². The minimum absolute atomic E-state index is 0.364. The van der Waals surface area contributed by atoms with Crippen LogP contribution in [-0.2, 0) is 0 Å². The standard InChI is InChI=1S/C18H27NO/c1-3-12-19-18(15-8-5-6-9-15)16-10-7-11-17(14-16)20-13-4-2/h7-8,10-11,14,18-19H,3-6,9,12-13H2,1-2H3. The summed E-state index contributed by atoms with van der Waals surface area (Å²) >= 11 is 0. The summed E-state index contributed by atoms with van der Waals surface area (Å²) in [7, 11) is 0. The normalized spacial score (nSPS) is 16.0. The van der Waals surface area contributed by atoms with Crippen molar-refractivity contribution in [2.45, 2.75) is 52.0 Å². The molecule has 110 valence electrons. The van der Waals surface area contributed by atoms with E-state index in [1.54, 1.807) is 5.57 Å². The van der Waals surface area contributed by atoms with Crippen molar-refractivity contribution in [2.24, 2.45) is 0 Å². The van der Waals surface area contributed by atoms with E-state index >= 15 is 0 Å². The fourth-order valence-electron chi connectivity index (χ4n) is 2.71. The first-order valence-corrected chi connectivity index (χ1v) is 8.00. The van der Waals surface area contributed by atoms with Crippen LogP contribution < -0.4 is 10.1 Å². The van der Waals surface area contributed by atoms with Crippen LogP contribution in [0.5, 0.6) is 5.75 Å². The van der Waals surface area contributed by atoms with Crippen LogP contribution in [-0.4, -0.2) is 13.2 Å². The Bertz CT molecular complexity index is 439. The summed E-state index contributed by atoms with van der Waals surface area (Å²) in [5.74, 6) is 0.992. The lowest BCUT2D eigenvalue weighted by molar-refractivity contribution is 0.317. The zero-order valence-corrected chi connectivity index (χ0v) is 12.8. The highest BCUT2D eigenvalue weighted by Crippen LogP contribution is 2.32. The highest BCUT2D eigenvalue weighted by molar-refractivity contribution is 5.35. The van der Waals surface area contributed by atoms with E-state index in [2.05, 4.69) is 49.5 Å². The van der Waals surface area contributed by atoms with Gasteiger partial charge in [-0.3, -0.25) is 0 Å². The maximum atomic E-state index is 5.77. The van der Waals surface area contributed by atoms with Gasteiger partial charge in [0.2, 0.25) is 0 Å². The van der Waals surface area contributed by atoms with Gasteiger partial charge < -0.3 is 10.1 Å². The SMILES string of the molecule is CCCNC(C1=CCCC1)c1cccc(OCCC)c1. The van der Waals surface area contributed by atoms with Gasteiger partial charge in [-0.1, -0.05) is 37.6 Å². The van der Waals surface area contributed by atoms with Crippen molar-refractivity contribution in [2.75, 3.05) is 13.2 Å². The number of allylic oxidation sites excluding steroid dienone is 1. The molecule has 1 aliphatic rings. The van der Waals surface area contributed by atoms with Crippen LogP contribution in [0.15, 0.2) is 35.9 Å². The fourth-order valence-corrected chi connectivity index (χ4v) is 2.71. The second-order valence-corrected chi connectivity index (χ2v) is 5.48. The second kappa shape index (κ2) is 8.11. The third kappa shape index (κ3) is 4.11. The smallest absolute Gasteiger partial charge is 0.119 e. The van der Waals surface area contributed by atoms with E-state index in [0.29, 0.717) is 6.04 Å². The number of hydrogen-bond donors (Lipinski definition) is 1. The number of rotatable bonds is 8. The molecule has 0 heterocycles. The van der Waals surface area contributed by atoms with E-state index < -0.39 is 0 Å². The Morgan fingerprint density at radius 2 is 2.15 bits per heavy atom. The minimum Gasteiger partial charge on any atom is -0.494 e. The largest absolute Gasteiger partial charge is 0.494 e. The van der Waals surface area contributed by atoms with Crippen LogP contribution in [0.1, 0.15) is 57.6 Å². The summed E-state index contributed by atoms with van der Waals surface area (Å²) in [6, 6.07) is 8.94. The minimum atomic E-state index is 0.364. The Morgan fingerprint density at radius 3 is 2.85 bits per heavy atom. The zero-order valence-electron chi connectivity index (χ0n) is 12.8. The van der Waals surface area contributed by atoms with E-state index in [-0.39, 0.29) is 0 Å². The first-order valence-electron chi connectivity index (χ1n) is 8.00. The molecule has 1 unspecified atom stereocenters. The summed E-state index contributed by atoms with van der Waals surface area (Å²) in [5.41, 5.74) is 2.88. The summed E-state index contributed by atoms with van der Waals surface area (Å²) in [5, 5.41) is 3.69. The van der Waals surface area contributed by atoms with E-state index in [9.17, 15) is 0 Å². The number of nitrogens with one attached hydrogen (secondary N) is 1. The lowest BCUT2D eigenvalue weighted by Crippen LogP contribution is -2.23. The molecule has 0 amide bonds. The highest BCUT2D eigenvalue weighted by atomic mass is 16.5. The third-order valence-corrected chi connectivity index (χ3v) is 3.71. The molecule has 1 aromatic carbocycles. The van der Waals surface area contributed by atoms with Gasteiger partial charge in [-0.25, -0.2) is 0 Å². The molecule has 2 nitrogen and oxygen atoms in total. The summed E-state index contributed by atoms with van der Waals surface area (Å²) in [4.78, 5) is 0. The number of hydrogen-bond acceptors (Lipinski definition) is 2. The van der Waals surface area contributed by atoms with Crippen LogP contribution in [0.3, 0.4) is 0 Å². The first-order chi connectivity index (χ1) is 9.85. The summed E-state index contributed by atoms with van der Waals surface area (Å²) in [6.45, 7) is 6.20. The highest BCUT2D eigenvalue weighted by Gasteiger charge is 2.18. The Kier molecular flexibility index (Phi) is 6.13. The molecule has 1 aromatic rings. The molecule has 0 radical (unpaired) electrons. The molecule has 0 fully saturated rings. The predicted octanol–water partition coefficient (Wildman–Crippen LogP) is 4.63. The fraction of sp³-hybridized carbons (Fsp3) is 0.556. The zero-order chi connectivity index (χ0) is 14.2. The molecule has 0 spiro atoms. The topological polar surface area (TPSA) is 21.3 Å². The average Bonchev–Trinajstić information content (AvgIpc) is 3.00. The molecule has 2 rings (SSSR count). The van der Waals surface area contributed by atoms with Gasteiger partial charge in [0.05, 0.1) is 12.6 Å². The van der Waals surface area contributed by atoms with Crippen LogP contribution in [0.25, 0.3) is 0 Å². The maximum absolute atomic E-state index is 5.77. The number of ether oxygens (including phenoxy) is 1. The molecule has 2 heteroatoms. The van der Waals surface area contributed by atoms with Crippen molar-refractivity contribution < 1.29 is 4.74 Å². The van der Waals surface area contributed by atoms with Crippen LogP contribution in [0, 0.1) is 0 Å². The van der Waals surface area contributed by atoms with Crippen molar-refractivity contribution in [1.29, 1.82) is 0 Å². The first kappa shape index (κ1) is 15.1. The quantitative estimate of drug-likeness (QED) is 0.697. The van der Waals surface area contributed by atoms with Gasteiger partial charge >= 0.3 is 0 Å². The van der Waals surface area contributed by atoms with Crippen molar-refractivity contribution in [3.8, 4) is 5.75 Å². The van der Waals surface area contributed by atoms with E-state index in [0.717, 1.165) is 31.7 Å². The third-order valence-electron chi connectivity index (χ3n) is 3.71. The van der Waals surface area contributed by atoms with Gasteiger partial charge in [0.15, 0.2) is 0 Å². The van der Waals surface area contributed by atoms with E-state index in [4.69, 9.17) is 4.74 Å². The molecule has 0 aliphatic heterocycles. The Morgan fingerprint density at radius 1 is 1.25 bits per heavy atom. The van der Waals surface area contributed by atoms with Crippen molar-refractivity contribution in [3.63, 3.8) is 0 Å². The van der Waals surface area contributed by atoms with Crippen LogP contribution in [0.2, 0.25) is 0 Å². The molecule has 1 N–H and O–H groups in total. The van der Waals surface area contributed by atoms with E-state index in [1.807, 2.05) is 0 Å². The molecule has 1 aliphatic carbocycles. The Labute approximate surface area is 123 Å². The second-order valence-electron chi connectivity index (χ2n) is 5.48. The van der Waals surface area contributed by atoms with Gasteiger partial charge in [0, 0.05) is 0 Å². The van der Waals surface area contributed by atoms with Crippen LogP contribution >= 0.6 is 0 Å². The molecule has 0 aromatic heterocycles. The van der Waals surface area contributed by atoms with E-state index in [1.165, 1.54) is 24.8 Å². The molecule has 0 bridgehead atoms. The van der Waals surface area contributed by atoms with Crippen molar-refractivity contribution in [3.05, 3.63) is 41.5 Å². The van der Waals surface area contributed by atoms with Gasteiger partial charge in [0.25, 0.3) is 0 Å². The molecule has 1 atom stereocenters. The Balaban J connectivity index is 2.14. The maximum Gasteiger partial charge on any atom is 0.119 e. The van der Waals surface area contributed by atoms with Crippen LogP contribution in [0.4, 0.5) is 0 Å². The summed E-state index contributed by atoms with van der Waals surface area (Å²) < 4.78 is 5.77. The lowest BCUT2D eigenvalue weighted by Gasteiger charge is -2.21. The number of benzene rings is 1. The molecular weight excluding hydrogens is 246 g/mol. The monoisotopic (exact) mass is 273 g/mol.